The third-order valence-corrected chi connectivity index (χ3v) is 4.75. The maximum absolute atomic E-state index is 12.8. The molecule has 0 spiro atoms. The van der Waals surface area contributed by atoms with Crippen LogP contribution in [0.2, 0.25) is 0 Å². The van der Waals surface area contributed by atoms with Crippen LogP contribution in [0.3, 0.4) is 0 Å². The van der Waals surface area contributed by atoms with Gasteiger partial charge in [-0.05, 0) is 31.5 Å². The molecule has 3 aromatic rings. The fourth-order valence-corrected chi connectivity index (χ4v) is 3.42. The molecule has 0 aromatic carbocycles. The van der Waals surface area contributed by atoms with Crippen molar-refractivity contribution in [2.24, 2.45) is 0 Å². The van der Waals surface area contributed by atoms with E-state index in [0.717, 1.165) is 23.0 Å². The molecule has 0 aliphatic carbocycles. The molecule has 134 valence electrons. The highest BCUT2D eigenvalue weighted by atomic mass is 16.3. The number of hydrogen-bond donors (Lipinski definition) is 0. The van der Waals surface area contributed by atoms with Crippen molar-refractivity contribution in [3.8, 4) is 0 Å². The Bertz CT molecular complexity index is 929. The first kappa shape index (κ1) is 16.5. The molecule has 0 N–H and O–H groups in total. The fourth-order valence-electron chi connectivity index (χ4n) is 3.42. The molecule has 0 atom stereocenters. The molecule has 0 bridgehead atoms. The van der Waals surface area contributed by atoms with Crippen LogP contribution in [0.25, 0.3) is 0 Å². The number of amides is 1. The fraction of sp³-hybridized carbons (Fsp3) is 0.368. The molecule has 4 heterocycles. The summed E-state index contributed by atoms with van der Waals surface area (Å²) in [5.74, 6) is 3.30. The minimum absolute atomic E-state index is 0.0203. The van der Waals surface area contributed by atoms with E-state index in [9.17, 15) is 4.79 Å². The van der Waals surface area contributed by atoms with E-state index in [0.29, 0.717) is 43.8 Å². The van der Waals surface area contributed by atoms with Crippen molar-refractivity contribution >= 4 is 5.91 Å². The van der Waals surface area contributed by atoms with Gasteiger partial charge >= 0.3 is 0 Å². The lowest BCUT2D eigenvalue weighted by molar-refractivity contribution is 0.0757. The minimum Gasteiger partial charge on any atom is -0.466 e. The quantitative estimate of drug-likeness (QED) is 0.723. The normalized spacial score (nSPS) is 14.2. The van der Waals surface area contributed by atoms with Crippen LogP contribution in [0.15, 0.2) is 35.0 Å². The minimum atomic E-state index is 0.0203. The van der Waals surface area contributed by atoms with Crippen LogP contribution < -0.4 is 0 Å². The largest absolute Gasteiger partial charge is 0.466 e. The Balaban J connectivity index is 1.51. The Hall–Kier alpha value is -2.96. The Morgan fingerprint density at radius 3 is 2.85 bits per heavy atom. The molecule has 1 amide bonds. The Morgan fingerprint density at radius 2 is 2.12 bits per heavy atom. The highest BCUT2D eigenvalue weighted by molar-refractivity contribution is 5.95. The summed E-state index contributed by atoms with van der Waals surface area (Å²) in [6.07, 6.45) is 4.99. The molecule has 7 nitrogen and oxygen atoms in total. The lowest BCUT2D eigenvalue weighted by atomic mass is 10.2. The molecule has 1 aliphatic heterocycles. The monoisotopic (exact) mass is 351 g/mol. The van der Waals surface area contributed by atoms with Gasteiger partial charge in [0.1, 0.15) is 23.2 Å². The number of rotatable bonds is 3. The molecule has 4 rings (SSSR count). The van der Waals surface area contributed by atoms with E-state index in [1.165, 1.54) is 0 Å². The summed E-state index contributed by atoms with van der Waals surface area (Å²) in [6.45, 7) is 5.65. The van der Waals surface area contributed by atoms with Crippen LogP contribution in [0.4, 0.5) is 0 Å². The first-order chi connectivity index (χ1) is 12.6. The van der Waals surface area contributed by atoms with Gasteiger partial charge in [0.2, 0.25) is 0 Å². The molecular formula is C19H21N5O2. The van der Waals surface area contributed by atoms with Crippen LogP contribution in [0.1, 0.15) is 39.1 Å². The zero-order chi connectivity index (χ0) is 18.1. The third kappa shape index (κ3) is 3.12. The van der Waals surface area contributed by atoms with Gasteiger partial charge < -0.3 is 13.9 Å². The summed E-state index contributed by atoms with van der Waals surface area (Å²) < 4.78 is 7.64. The first-order valence-electron chi connectivity index (χ1n) is 8.78. The topological polar surface area (TPSA) is 77.1 Å². The van der Waals surface area contributed by atoms with E-state index in [4.69, 9.17) is 4.42 Å². The second-order valence-corrected chi connectivity index (χ2v) is 6.59. The number of carbonyl (C=O) groups is 1. The highest BCUT2D eigenvalue weighted by Gasteiger charge is 2.24. The summed E-state index contributed by atoms with van der Waals surface area (Å²) in [5, 5.41) is 8.68. The van der Waals surface area contributed by atoms with Crippen LogP contribution in [-0.4, -0.2) is 43.6 Å². The van der Waals surface area contributed by atoms with E-state index in [-0.39, 0.29) is 5.91 Å². The molecule has 7 heteroatoms. The van der Waals surface area contributed by atoms with E-state index in [2.05, 4.69) is 19.7 Å². The van der Waals surface area contributed by atoms with Crippen molar-refractivity contribution in [3.05, 3.63) is 64.9 Å². The molecule has 0 unspecified atom stereocenters. The standard InChI is InChI=1S/C19H21N5O2/c1-13-10-16(14(2)26-13)19(25)23-7-5-17-21-22-18(24(17)9-8-23)11-15-4-3-6-20-12-15/h3-4,6,10,12H,5,7-9,11H2,1-2H3. The molecule has 0 fully saturated rings. The van der Waals surface area contributed by atoms with Crippen LogP contribution >= 0.6 is 0 Å². The van der Waals surface area contributed by atoms with Crippen molar-refractivity contribution in [2.45, 2.75) is 33.2 Å². The van der Waals surface area contributed by atoms with Crippen molar-refractivity contribution in [1.29, 1.82) is 0 Å². The maximum atomic E-state index is 12.8. The molecule has 0 saturated heterocycles. The second kappa shape index (κ2) is 6.74. The number of hydrogen-bond acceptors (Lipinski definition) is 5. The van der Waals surface area contributed by atoms with Crippen LogP contribution in [0.5, 0.6) is 0 Å². The highest BCUT2D eigenvalue weighted by Crippen LogP contribution is 2.18. The van der Waals surface area contributed by atoms with Gasteiger partial charge in [-0.15, -0.1) is 10.2 Å². The summed E-state index contributed by atoms with van der Waals surface area (Å²) in [4.78, 5) is 18.9. The van der Waals surface area contributed by atoms with Crippen LogP contribution in [0, 0.1) is 13.8 Å². The third-order valence-electron chi connectivity index (χ3n) is 4.75. The molecule has 1 aliphatic rings. The van der Waals surface area contributed by atoms with Gasteiger partial charge in [0.05, 0.1) is 5.56 Å². The SMILES string of the molecule is Cc1cc(C(=O)N2CCc3nnc(Cc4cccnc4)n3CC2)c(C)o1. The zero-order valence-electron chi connectivity index (χ0n) is 15.0. The van der Waals surface area contributed by atoms with Gasteiger partial charge in [0.25, 0.3) is 5.91 Å². The van der Waals surface area contributed by atoms with Gasteiger partial charge in [0, 0.05) is 44.9 Å². The number of carbonyl (C=O) groups excluding carboxylic acids is 1. The number of fused-ring (bicyclic) bond motifs is 1. The summed E-state index contributed by atoms with van der Waals surface area (Å²) >= 11 is 0. The van der Waals surface area contributed by atoms with E-state index >= 15 is 0 Å². The molecule has 0 saturated carbocycles. The van der Waals surface area contributed by atoms with Crippen LogP contribution in [-0.2, 0) is 19.4 Å². The molecular weight excluding hydrogens is 330 g/mol. The van der Waals surface area contributed by atoms with E-state index < -0.39 is 0 Å². The molecule has 3 aromatic heterocycles. The predicted molar refractivity (Wildman–Crippen MR) is 94.9 cm³/mol. The average Bonchev–Trinajstić information content (AvgIpc) is 3.09. The van der Waals surface area contributed by atoms with Crippen molar-refractivity contribution in [2.75, 3.05) is 13.1 Å². The van der Waals surface area contributed by atoms with Gasteiger partial charge in [-0.2, -0.15) is 0 Å². The molecule has 0 radical (unpaired) electrons. The Kier molecular flexibility index (Phi) is 4.28. The number of nitrogens with zero attached hydrogens (tertiary/aromatic N) is 5. The van der Waals surface area contributed by atoms with Gasteiger partial charge in [-0.25, -0.2) is 0 Å². The van der Waals surface area contributed by atoms with E-state index in [1.54, 1.807) is 6.20 Å². The number of furan rings is 1. The zero-order valence-corrected chi connectivity index (χ0v) is 15.0. The summed E-state index contributed by atoms with van der Waals surface area (Å²) in [7, 11) is 0. The van der Waals surface area contributed by atoms with Gasteiger partial charge in [0.15, 0.2) is 0 Å². The maximum Gasteiger partial charge on any atom is 0.257 e. The van der Waals surface area contributed by atoms with Gasteiger partial charge in [-0.1, -0.05) is 6.07 Å². The predicted octanol–water partition coefficient (Wildman–Crippen LogP) is 2.17. The Morgan fingerprint density at radius 1 is 1.23 bits per heavy atom. The summed E-state index contributed by atoms with van der Waals surface area (Å²) in [6, 6.07) is 5.77. The lowest BCUT2D eigenvalue weighted by Gasteiger charge is -2.19. The number of aromatic nitrogens is 4. The lowest BCUT2D eigenvalue weighted by Crippen LogP contribution is -2.34. The smallest absolute Gasteiger partial charge is 0.257 e. The van der Waals surface area contributed by atoms with Crippen molar-refractivity contribution in [3.63, 3.8) is 0 Å². The summed E-state index contributed by atoms with van der Waals surface area (Å²) in [5.41, 5.74) is 1.75. The number of pyridine rings is 1. The Labute approximate surface area is 151 Å². The van der Waals surface area contributed by atoms with Crippen molar-refractivity contribution < 1.29 is 9.21 Å². The second-order valence-electron chi connectivity index (χ2n) is 6.59. The van der Waals surface area contributed by atoms with Crippen molar-refractivity contribution in [1.82, 2.24) is 24.6 Å². The average molecular weight is 351 g/mol. The van der Waals surface area contributed by atoms with E-state index in [1.807, 2.05) is 43.1 Å². The molecule has 26 heavy (non-hydrogen) atoms. The first-order valence-corrected chi connectivity index (χ1v) is 8.78. The van der Waals surface area contributed by atoms with Gasteiger partial charge in [-0.3, -0.25) is 9.78 Å². The number of aryl methyl sites for hydroxylation is 2.